The van der Waals surface area contributed by atoms with Crippen LogP contribution in [-0.2, 0) is 0 Å². The topological polar surface area (TPSA) is 6.48 Å². The number of hydrogen-bond donors (Lipinski definition) is 0. The molecule has 2 nitrogen and oxygen atoms in total. The zero-order chi connectivity index (χ0) is 27.1. The quantitative estimate of drug-likeness (QED) is 0.110. The van der Waals surface area contributed by atoms with Gasteiger partial charge in [0.25, 0.3) is 0 Å². The Kier molecular flexibility index (Phi) is 22.5. The molecule has 37 heavy (non-hydrogen) atoms. The first kappa shape index (κ1) is 34.9. The summed E-state index contributed by atoms with van der Waals surface area (Å²) < 4.78 is 0. The Labute approximate surface area is 236 Å². The van der Waals surface area contributed by atoms with Crippen LogP contribution >= 0.6 is 0 Å². The highest BCUT2D eigenvalue weighted by Gasteiger charge is 2.33. The van der Waals surface area contributed by atoms with Crippen molar-refractivity contribution in [2.24, 2.45) is 11.8 Å². The third-order valence-corrected chi connectivity index (χ3v) is 9.47. The average Bonchev–Trinajstić information content (AvgIpc) is 2.91. The van der Waals surface area contributed by atoms with E-state index in [2.05, 4.69) is 51.3 Å². The summed E-state index contributed by atoms with van der Waals surface area (Å²) in [7, 11) is 0. The molecule has 1 rings (SSSR count). The van der Waals surface area contributed by atoms with Crippen molar-refractivity contribution < 1.29 is 0 Å². The van der Waals surface area contributed by atoms with Gasteiger partial charge in [0.1, 0.15) is 0 Å². The van der Waals surface area contributed by atoms with Crippen LogP contribution in [0.15, 0.2) is 0 Å². The van der Waals surface area contributed by atoms with Crippen LogP contribution in [0.1, 0.15) is 176 Å². The first-order valence-corrected chi connectivity index (χ1v) is 17.6. The summed E-state index contributed by atoms with van der Waals surface area (Å²) in [5.41, 5.74) is 0. The fourth-order valence-electron chi connectivity index (χ4n) is 7.01. The van der Waals surface area contributed by atoms with E-state index in [1.807, 2.05) is 0 Å². The minimum absolute atomic E-state index is 0.773. The van der Waals surface area contributed by atoms with Crippen molar-refractivity contribution in [2.45, 2.75) is 188 Å². The lowest BCUT2D eigenvalue weighted by atomic mass is 9.91. The van der Waals surface area contributed by atoms with E-state index < -0.39 is 0 Å². The predicted octanol–water partition coefficient (Wildman–Crippen LogP) is 10.9. The van der Waals surface area contributed by atoms with E-state index in [0.717, 1.165) is 23.9 Å². The summed E-state index contributed by atoms with van der Waals surface area (Å²) in [4.78, 5) is 5.87. The number of hydrogen-bond acceptors (Lipinski definition) is 2. The monoisotopic (exact) mass is 521 g/mol. The van der Waals surface area contributed by atoms with Crippen LogP contribution in [0, 0.1) is 11.8 Å². The lowest BCUT2D eigenvalue weighted by Gasteiger charge is -2.48. The Morgan fingerprint density at radius 3 is 1.51 bits per heavy atom. The van der Waals surface area contributed by atoms with Crippen molar-refractivity contribution >= 4 is 0 Å². The summed E-state index contributed by atoms with van der Waals surface area (Å²) in [5, 5.41) is 0. The summed E-state index contributed by atoms with van der Waals surface area (Å²) in [6.07, 6.45) is 29.8. The van der Waals surface area contributed by atoms with Gasteiger partial charge in [-0.05, 0) is 50.5 Å². The molecule has 0 spiro atoms. The van der Waals surface area contributed by atoms with Crippen LogP contribution in [-0.4, -0.2) is 48.1 Å². The molecule has 0 aromatic carbocycles. The molecule has 0 amide bonds. The number of unbranched alkanes of at least 4 members (excludes halogenated alkanes) is 9. The molecule has 0 aromatic heterocycles. The second-order valence-electron chi connectivity index (χ2n) is 12.8. The van der Waals surface area contributed by atoms with Gasteiger partial charge in [-0.1, -0.05) is 144 Å². The molecule has 2 heteroatoms. The average molecular weight is 521 g/mol. The zero-order valence-corrected chi connectivity index (χ0v) is 26.9. The fourth-order valence-corrected chi connectivity index (χ4v) is 7.01. The largest absolute Gasteiger partial charge is 0.300 e. The molecule has 1 aliphatic rings. The number of nitrogens with zero attached hydrogens (tertiary/aromatic N) is 2. The minimum atomic E-state index is 0.773. The molecule has 0 aliphatic carbocycles. The van der Waals surface area contributed by atoms with Gasteiger partial charge in [0.15, 0.2) is 0 Å². The van der Waals surface area contributed by atoms with Crippen LogP contribution in [0.2, 0.25) is 0 Å². The zero-order valence-electron chi connectivity index (χ0n) is 26.9. The van der Waals surface area contributed by atoms with Gasteiger partial charge in [-0.25, -0.2) is 0 Å². The maximum Gasteiger partial charge on any atom is 0.0224 e. The Balaban J connectivity index is 2.60. The van der Waals surface area contributed by atoms with E-state index in [9.17, 15) is 0 Å². The van der Waals surface area contributed by atoms with E-state index in [1.165, 1.54) is 161 Å². The van der Waals surface area contributed by atoms with Crippen molar-refractivity contribution in [3.8, 4) is 0 Å². The molecular formula is C35H72N2. The van der Waals surface area contributed by atoms with Gasteiger partial charge in [0, 0.05) is 31.7 Å². The molecular weight excluding hydrogens is 448 g/mol. The molecule has 0 saturated carbocycles. The lowest BCUT2D eigenvalue weighted by Crippen LogP contribution is -2.59. The summed E-state index contributed by atoms with van der Waals surface area (Å²) in [5.74, 6) is 1.91. The predicted molar refractivity (Wildman–Crippen MR) is 169 cm³/mol. The van der Waals surface area contributed by atoms with E-state index >= 15 is 0 Å². The first-order chi connectivity index (χ1) is 18.1. The standard InChI is InChI=1S/C35H72N2/c1-7-13-16-18-20-27-33(26-19-17-14-8-2)29-37-34(11-5)30-36(31-35(37)12-6)28-22-21-25-32(23-10-4)24-15-9-3/h32-35H,7-31H2,1-6H3/t32?,33?,34-,35+. The summed E-state index contributed by atoms with van der Waals surface area (Å²) in [6.45, 7) is 19.7. The van der Waals surface area contributed by atoms with Crippen LogP contribution in [0.4, 0.5) is 0 Å². The van der Waals surface area contributed by atoms with Gasteiger partial charge in [0.2, 0.25) is 0 Å². The normalized spacial score (nSPS) is 20.9. The second-order valence-corrected chi connectivity index (χ2v) is 12.8. The third kappa shape index (κ3) is 15.9. The Bertz CT molecular complexity index is 464. The maximum atomic E-state index is 3.01. The van der Waals surface area contributed by atoms with Crippen LogP contribution in [0.5, 0.6) is 0 Å². The molecule has 4 atom stereocenters. The Morgan fingerprint density at radius 2 is 0.973 bits per heavy atom. The van der Waals surface area contributed by atoms with Gasteiger partial charge >= 0.3 is 0 Å². The molecule has 1 fully saturated rings. The van der Waals surface area contributed by atoms with Crippen molar-refractivity contribution in [1.82, 2.24) is 9.80 Å². The summed E-state index contributed by atoms with van der Waals surface area (Å²) in [6, 6.07) is 1.55. The molecule has 1 heterocycles. The van der Waals surface area contributed by atoms with Crippen molar-refractivity contribution in [3.05, 3.63) is 0 Å². The molecule has 0 bridgehead atoms. The molecule has 0 radical (unpaired) electrons. The SMILES string of the molecule is CCCCCCCC(CCCCCC)CN1[C@H](CC)CN(CCCCC(CCC)CCCC)C[C@@H]1CC. The molecule has 0 N–H and O–H groups in total. The van der Waals surface area contributed by atoms with E-state index in [4.69, 9.17) is 0 Å². The van der Waals surface area contributed by atoms with Gasteiger partial charge < -0.3 is 4.90 Å². The van der Waals surface area contributed by atoms with Gasteiger partial charge in [0.05, 0.1) is 0 Å². The minimum Gasteiger partial charge on any atom is -0.300 e. The Hall–Kier alpha value is -0.0800. The van der Waals surface area contributed by atoms with Gasteiger partial charge in [-0.2, -0.15) is 0 Å². The van der Waals surface area contributed by atoms with Crippen LogP contribution < -0.4 is 0 Å². The second kappa shape index (κ2) is 23.8. The van der Waals surface area contributed by atoms with Gasteiger partial charge in [-0.15, -0.1) is 0 Å². The Morgan fingerprint density at radius 1 is 0.486 bits per heavy atom. The number of rotatable bonds is 25. The van der Waals surface area contributed by atoms with Crippen LogP contribution in [0.3, 0.4) is 0 Å². The highest BCUT2D eigenvalue weighted by Crippen LogP contribution is 2.27. The smallest absolute Gasteiger partial charge is 0.0224 e. The molecule has 0 aromatic rings. The van der Waals surface area contributed by atoms with Gasteiger partial charge in [-0.3, -0.25) is 4.90 Å². The first-order valence-electron chi connectivity index (χ1n) is 17.6. The van der Waals surface area contributed by atoms with E-state index in [-0.39, 0.29) is 0 Å². The van der Waals surface area contributed by atoms with E-state index in [0.29, 0.717) is 0 Å². The van der Waals surface area contributed by atoms with Crippen LogP contribution in [0.25, 0.3) is 0 Å². The lowest BCUT2D eigenvalue weighted by molar-refractivity contribution is 0.00587. The van der Waals surface area contributed by atoms with Crippen molar-refractivity contribution in [2.75, 3.05) is 26.2 Å². The van der Waals surface area contributed by atoms with Crippen molar-refractivity contribution in [1.29, 1.82) is 0 Å². The third-order valence-electron chi connectivity index (χ3n) is 9.47. The fraction of sp³-hybridized carbons (Fsp3) is 1.00. The maximum absolute atomic E-state index is 3.01. The highest BCUT2D eigenvalue weighted by molar-refractivity contribution is 4.89. The summed E-state index contributed by atoms with van der Waals surface area (Å²) >= 11 is 0. The number of piperazine rings is 1. The molecule has 222 valence electrons. The molecule has 1 saturated heterocycles. The highest BCUT2D eigenvalue weighted by atomic mass is 15.3. The van der Waals surface area contributed by atoms with E-state index in [1.54, 1.807) is 0 Å². The van der Waals surface area contributed by atoms with Crippen molar-refractivity contribution in [3.63, 3.8) is 0 Å². The molecule has 2 unspecified atom stereocenters. The molecule has 1 aliphatic heterocycles.